The third kappa shape index (κ3) is 2.08. The van der Waals surface area contributed by atoms with Crippen molar-refractivity contribution in [2.24, 2.45) is 5.73 Å². The van der Waals surface area contributed by atoms with Crippen LogP contribution in [-0.4, -0.2) is 22.4 Å². The molecule has 0 aliphatic carbocycles. The number of hydrogen-bond acceptors (Lipinski definition) is 5. The van der Waals surface area contributed by atoms with Gasteiger partial charge in [-0.2, -0.15) is 0 Å². The minimum atomic E-state index is -0.395. The van der Waals surface area contributed by atoms with Crippen LogP contribution in [0.25, 0.3) is 10.2 Å². The summed E-state index contributed by atoms with van der Waals surface area (Å²) in [5, 5.41) is 4.41. The summed E-state index contributed by atoms with van der Waals surface area (Å²) in [5.74, 6) is -0.395. The second-order valence-electron chi connectivity index (χ2n) is 5.28. The van der Waals surface area contributed by atoms with Gasteiger partial charge in [0, 0.05) is 18.3 Å². The Morgan fingerprint density at radius 2 is 2.27 bits per heavy atom. The summed E-state index contributed by atoms with van der Waals surface area (Å²) in [6.45, 7) is 0.855. The van der Waals surface area contributed by atoms with Crippen LogP contribution in [0.4, 0.5) is 0 Å². The van der Waals surface area contributed by atoms with Crippen LogP contribution in [0.1, 0.15) is 32.5 Å². The van der Waals surface area contributed by atoms with Crippen LogP contribution in [-0.2, 0) is 6.42 Å². The number of carbonyl (C=O) groups is 1. The number of aromatic nitrogens is 2. The molecule has 1 amide bonds. The standard InChI is InChI=1S/C16H14N4OS/c17-15(21)10-3-1-2-9-4-7-19-14(13(9)10)16-20-11-8-18-6-5-12(11)22-16/h1-3,5-6,8,14,19H,4,7H2,(H2,17,21). The second-order valence-corrected chi connectivity index (χ2v) is 6.34. The summed E-state index contributed by atoms with van der Waals surface area (Å²) in [6, 6.07) is 7.61. The van der Waals surface area contributed by atoms with E-state index in [1.54, 1.807) is 29.8 Å². The van der Waals surface area contributed by atoms with Gasteiger partial charge in [-0.05, 0) is 29.7 Å². The molecule has 3 aromatic rings. The lowest BCUT2D eigenvalue weighted by atomic mass is 9.90. The van der Waals surface area contributed by atoms with Crippen molar-refractivity contribution < 1.29 is 4.79 Å². The minimum absolute atomic E-state index is 0.0927. The SMILES string of the molecule is NC(=O)c1cccc2c1C(c1nc3cnccc3s1)NCC2. The fourth-order valence-electron chi connectivity index (χ4n) is 2.97. The molecule has 1 atom stereocenters. The fraction of sp³-hybridized carbons (Fsp3) is 0.188. The Morgan fingerprint density at radius 1 is 1.36 bits per heavy atom. The molecule has 110 valence electrons. The first-order valence-electron chi connectivity index (χ1n) is 7.09. The van der Waals surface area contributed by atoms with Gasteiger partial charge in [0.1, 0.15) is 5.01 Å². The zero-order valence-electron chi connectivity index (χ0n) is 11.7. The van der Waals surface area contributed by atoms with Crippen LogP contribution in [0.2, 0.25) is 0 Å². The highest BCUT2D eigenvalue weighted by atomic mass is 32.1. The van der Waals surface area contributed by atoms with Gasteiger partial charge in [0.2, 0.25) is 5.91 Å². The summed E-state index contributed by atoms with van der Waals surface area (Å²) in [7, 11) is 0. The van der Waals surface area contributed by atoms with E-state index in [9.17, 15) is 4.79 Å². The number of rotatable bonds is 2. The molecule has 1 aromatic carbocycles. The summed E-state index contributed by atoms with van der Waals surface area (Å²) in [4.78, 5) is 20.6. The van der Waals surface area contributed by atoms with Gasteiger partial charge in [0.25, 0.3) is 0 Å². The van der Waals surface area contributed by atoms with Gasteiger partial charge in [-0.1, -0.05) is 12.1 Å². The zero-order valence-corrected chi connectivity index (χ0v) is 12.6. The van der Waals surface area contributed by atoms with Gasteiger partial charge in [-0.25, -0.2) is 4.98 Å². The Balaban J connectivity index is 1.90. The van der Waals surface area contributed by atoms with E-state index in [0.717, 1.165) is 39.3 Å². The molecular formula is C16H14N4OS. The maximum absolute atomic E-state index is 11.8. The monoisotopic (exact) mass is 310 g/mol. The lowest BCUT2D eigenvalue weighted by Crippen LogP contribution is -2.33. The normalized spacial score (nSPS) is 17.4. The quantitative estimate of drug-likeness (QED) is 0.759. The molecule has 22 heavy (non-hydrogen) atoms. The summed E-state index contributed by atoms with van der Waals surface area (Å²) < 4.78 is 1.09. The third-order valence-electron chi connectivity index (χ3n) is 3.95. The van der Waals surface area contributed by atoms with Crippen LogP contribution in [0.15, 0.2) is 36.7 Å². The highest BCUT2D eigenvalue weighted by Gasteiger charge is 2.28. The third-order valence-corrected chi connectivity index (χ3v) is 5.05. The number of nitrogens with zero attached hydrogens (tertiary/aromatic N) is 2. The van der Waals surface area contributed by atoms with Crippen molar-refractivity contribution in [2.45, 2.75) is 12.5 Å². The molecule has 4 rings (SSSR count). The Hall–Kier alpha value is -2.31. The van der Waals surface area contributed by atoms with Gasteiger partial charge < -0.3 is 11.1 Å². The largest absolute Gasteiger partial charge is 0.366 e. The number of nitrogens with two attached hydrogens (primary N) is 1. The molecule has 0 saturated carbocycles. The van der Waals surface area contributed by atoms with E-state index in [-0.39, 0.29) is 6.04 Å². The van der Waals surface area contributed by atoms with Gasteiger partial charge >= 0.3 is 0 Å². The van der Waals surface area contributed by atoms with E-state index in [1.807, 2.05) is 12.1 Å². The molecule has 0 saturated heterocycles. The lowest BCUT2D eigenvalue weighted by molar-refractivity contribution is 0.0998. The van der Waals surface area contributed by atoms with Crippen molar-refractivity contribution in [1.82, 2.24) is 15.3 Å². The van der Waals surface area contributed by atoms with Crippen molar-refractivity contribution in [3.8, 4) is 0 Å². The number of primary amides is 1. The zero-order chi connectivity index (χ0) is 15.1. The number of thiazole rings is 1. The molecule has 0 radical (unpaired) electrons. The highest BCUT2D eigenvalue weighted by molar-refractivity contribution is 7.18. The Labute approximate surface area is 131 Å². The van der Waals surface area contributed by atoms with Crippen molar-refractivity contribution in [1.29, 1.82) is 0 Å². The van der Waals surface area contributed by atoms with Crippen molar-refractivity contribution in [3.63, 3.8) is 0 Å². The molecule has 0 fully saturated rings. The van der Waals surface area contributed by atoms with Crippen molar-refractivity contribution in [2.75, 3.05) is 6.54 Å². The van der Waals surface area contributed by atoms with E-state index >= 15 is 0 Å². The topological polar surface area (TPSA) is 80.9 Å². The number of nitrogens with one attached hydrogen (secondary N) is 1. The molecular weight excluding hydrogens is 296 g/mol. The first-order valence-corrected chi connectivity index (χ1v) is 7.91. The number of pyridine rings is 1. The number of amides is 1. The van der Waals surface area contributed by atoms with E-state index < -0.39 is 5.91 Å². The van der Waals surface area contributed by atoms with Crippen LogP contribution < -0.4 is 11.1 Å². The van der Waals surface area contributed by atoms with E-state index in [2.05, 4.69) is 21.4 Å². The number of benzene rings is 1. The van der Waals surface area contributed by atoms with E-state index in [0.29, 0.717) is 5.56 Å². The molecule has 1 unspecified atom stereocenters. The average Bonchev–Trinajstić information content (AvgIpc) is 2.97. The van der Waals surface area contributed by atoms with Crippen molar-refractivity contribution in [3.05, 3.63) is 58.4 Å². The maximum atomic E-state index is 11.8. The van der Waals surface area contributed by atoms with Crippen LogP contribution >= 0.6 is 11.3 Å². The van der Waals surface area contributed by atoms with Crippen LogP contribution in [0.3, 0.4) is 0 Å². The molecule has 3 N–H and O–H groups in total. The molecule has 3 heterocycles. The van der Waals surface area contributed by atoms with Gasteiger partial charge in [-0.3, -0.25) is 9.78 Å². The predicted octanol–water partition coefficient (Wildman–Crippen LogP) is 2.03. The van der Waals surface area contributed by atoms with Crippen LogP contribution in [0, 0.1) is 0 Å². The average molecular weight is 310 g/mol. The number of hydrogen-bond donors (Lipinski definition) is 2. The number of fused-ring (bicyclic) bond motifs is 2. The molecule has 5 nitrogen and oxygen atoms in total. The number of carbonyl (C=O) groups excluding carboxylic acids is 1. The molecule has 0 bridgehead atoms. The first kappa shape index (κ1) is 13.4. The Kier molecular flexibility index (Phi) is 3.13. The predicted molar refractivity (Wildman–Crippen MR) is 85.9 cm³/mol. The fourth-order valence-corrected chi connectivity index (χ4v) is 3.99. The first-order chi connectivity index (χ1) is 10.7. The molecule has 1 aliphatic heterocycles. The molecule has 6 heteroatoms. The summed E-state index contributed by atoms with van der Waals surface area (Å²) in [6.07, 6.45) is 4.42. The summed E-state index contributed by atoms with van der Waals surface area (Å²) in [5.41, 5.74) is 9.15. The van der Waals surface area contributed by atoms with Gasteiger partial charge in [0.05, 0.1) is 22.5 Å². The van der Waals surface area contributed by atoms with Crippen LogP contribution in [0.5, 0.6) is 0 Å². The molecule has 1 aliphatic rings. The Morgan fingerprint density at radius 3 is 3.09 bits per heavy atom. The van der Waals surface area contributed by atoms with Gasteiger partial charge in [0.15, 0.2) is 0 Å². The Bertz CT molecular complexity index is 840. The lowest BCUT2D eigenvalue weighted by Gasteiger charge is -2.27. The molecule has 0 spiro atoms. The molecule has 2 aromatic heterocycles. The summed E-state index contributed by atoms with van der Waals surface area (Å²) >= 11 is 1.62. The highest BCUT2D eigenvalue weighted by Crippen LogP contribution is 2.35. The van der Waals surface area contributed by atoms with Crippen molar-refractivity contribution >= 4 is 27.5 Å². The van der Waals surface area contributed by atoms with Gasteiger partial charge in [-0.15, -0.1) is 11.3 Å². The second kappa shape index (κ2) is 5.15. The van der Waals surface area contributed by atoms with E-state index in [4.69, 9.17) is 5.73 Å². The minimum Gasteiger partial charge on any atom is -0.366 e. The van der Waals surface area contributed by atoms with E-state index in [1.165, 1.54) is 0 Å². The smallest absolute Gasteiger partial charge is 0.249 e. The maximum Gasteiger partial charge on any atom is 0.249 e.